The standard InChI is InChI=1S/C10H9ClINO2/c11-7-1-2-8(12)9(5-7)13-3-4-15-6-10(13)14/h1-2,5H,3-4,6H2. The molecule has 1 aliphatic heterocycles. The number of hydrogen-bond acceptors (Lipinski definition) is 2. The molecular weight excluding hydrogens is 328 g/mol. The van der Waals surface area contributed by atoms with Crippen LogP contribution < -0.4 is 4.90 Å². The van der Waals surface area contributed by atoms with Crippen LogP contribution >= 0.6 is 34.2 Å². The van der Waals surface area contributed by atoms with Crippen LogP contribution in [0.25, 0.3) is 0 Å². The second kappa shape index (κ2) is 4.67. The van der Waals surface area contributed by atoms with Crippen LogP contribution in [0.1, 0.15) is 0 Å². The molecule has 0 radical (unpaired) electrons. The van der Waals surface area contributed by atoms with Crippen LogP contribution in [0.4, 0.5) is 5.69 Å². The van der Waals surface area contributed by atoms with E-state index in [1.54, 1.807) is 4.90 Å². The highest BCUT2D eigenvalue weighted by Gasteiger charge is 2.21. The van der Waals surface area contributed by atoms with Gasteiger partial charge >= 0.3 is 0 Å². The molecule has 1 saturated heterocycles. The summed E-state index contributed by atoms with van der Waals surface area (Å²) in [6, 6.07) is 5.53. The fourth-order valence-electron chi connectivity index (χ4n) is 1.47. The average molecular weight is 338 g/mol. The zero-order valence-corrected chi connectivity index (χ0v) is 10.8. The number of rotatable bonds is 1. The summed E-state index contributed by atoms with van der Waals surface area (Å²) in [5, 5.41) is 0.643. The first-order valence-electron chi connectivity index (χ1n) is 4.51. The van der Waals surface area contributed by atoms with E-state index in [1.807, 2.05) is 18.2 Å². The molecule has 0 atom stereocenters. The van der Waals surface area contributed by atoms with E-state index >= 15 is 0 Å². The SMILES string of the molecule is O=C1COCCN1c1cc(Cl)ccc1I. The van der Waals surface area contributed by atoms with E-state index in [1.165, 1.54) is 0 Å². The van der Waals surface area contributed by atoms with Crippen LogP contribution in [0.3, 0.4) is 0 Å². The molecule has 2 rings (SSSR count). The van der Waals surface area contributed by atoms with Crippen molar-refractivity contribution in [2.45, 2.75) is 0 Å². The second-order valence-electron chi connectivity index (χ2n) is 3.19. The molecular formula is C10H9ClINO2. The van der Waals surface area contributed by atoms with Gasteiger partial charge < -0.3 is 9.64 Å². The monoisotopic (exact) mass is 337 g/mol. The lowest BCUT2D eigenvalue weighted by Crippen LogP contribution is -2.42. The molecule has 1 aromatic rings. The summed E-state index contributed by atoms with van der Waals surface area (Å²) in [4.78, 5) is 13.3. The maximum absolute atomic E-state index is 11.6. The predicted octanol–water partition coefficient (Wildman–Crippen LogP) is 2.31. The zero-order valence-electron chi connectivity index (χ0n) is 7.87. The summed E-state index contributed by atoms with van der Waals surface area (Å²) >= 11 is 8.11. The molecule has 0 unspecified atom stereocenters. The van der Waals surface area contributed by atoms with Crippen molar-refractivity contribution >= 4 is 45.8 Å². The van der Waals surface area contributed by atoms with Gasteiger partial charge in [0, 0.05) is 15.1 Å². The van der Waals surface area contributed by atoms with Gasteiger partial charge in [-0.25, -0.2) is 0 Å². The Morgan fingerprint density at radius 3 is 3.00 bits per heavy atom. The van der Waals surface area contributed by atoms with Crippen molar-refractivity contribution < 1.29 is 9.53 Å². The van der Waals surface area contributed by atoms with Gasteiger partial charge in [0.1, 0.15) is 6.61 Å². The number of carbonyl (C=O) groups is 1. The summed E-state index contributed by atoms with van der Waals surface area (Å²) in [7, 11) is 0. The van der Waals surface area contributed by atoms with Crippen molar-refractivity contribution in [3.05, 3.63) is 26.8 Å². The van der Waals surface area contributed by atoms with E-state index in [0.29, 0.717) is 18.2 Å². The Hall–Kier alpha value is -0.330. The van der Waals surface area contributed by atoms with Crippen LogP contribution in [0.2, 0.25) is 5.02 Å². The average Bonchev–Trinajstić information content (AvgIpc) is 2.23. The second-order valence-corrected chi connectivity index (χ2v) is 4.79. The maximum atomic E-state index is 11.6. The van der Waals surface area contributed by atoms with Crippen molar-refractivity contribution in [2.75, 3.05) is 24.7 Å². The van der Waals surface area contributed by atoms with Crippen LogP contribution in [-0.2, 0) is 9.53 Å². The van der Waals surface area contributed by atoms with Gasteiger partial charge in [-0.15, -0.1) is 0 Å². The molecule has 1 aliphatic rings. The van der Waals surface area contributed by atoms with E-state index in [4.69, 9.17) is 16.3 Å². The maximum Gasteiger partial charge on any atom is 0.253 e. The Labute approximate surface area is 106 Å². The van der Waals surface area contributed by atoms with Crippen molar-refractivity contribution in [1.82, 2.24) is 0 Å². The first kappa shape index (κ1) is 11.2. The predicted molar refractivity (Wildman–Crippen MR) is 67.3 cm³/mol. The van der Waals surface area contributed by atoms with Crippen molar-refractivity contribution in [3.8, 4) is 0 Å². The van der Waals surface area contributed by atoms with Gasteiger partial charge in [0.05, 0.1) is 12.3 Å². The van der Waals surface area contributed by atoms with E-state index < -0.39 is 0 Å². The molecule has 1 heterocycles. The molecule has 1 aromatic carbocycles. The Kier molecular flexibility index (Phi) is 3.48. The number of amides is 1. The molecule has 0 saturated carbocycles. The highest BCUT2D eigenvalue weighted by Crippen LogP contribution is 2.27. The Morgan fingerprint density at radius 1 is 1.47 bits per heavy atom. The number of halogens is 2. The number of ether oxygens (including phenoxy) is 1. The minimum Gasteiger partial charge on any atom is -0.370 e. The molecule has 0 spiro atoms. The van der Waals surface area contributed by atoms with Gasteiger partial charge in [-0.3, -0.25) is 4.79 Å². The van der Waals surface area contributed by atoms with E-state index in [0.717, 1.165) is 9.26 Å². The van der Waals surface area contributed by atoms with Crippen LogP contribution in [-0.4, -0.2) is 25.7 Å². The van der Waals surface area contributed by atoms with E-state index in [-0.39, 0.29) is 12.5 Å². The quantitative estimate of drug-likeness (QED) is 0.736. The number of hydrogen-bond donors (Lipinski definition) is 0. The summed E-state index contributed by atoms with van der Waals surface area (Å²) in [5.74, 6) is -0.0126. The highest BCUT2D eigenvalue weighted by molar-refractivity contribution is 14.1. The number of benzene rings is 1. The van der Waals surface area contributed by atoms with Crippen molar-refractivity contribution in [1.29, 1.82) is 0 Å². The smallest absolute Gasteiger partial charge is 0.253 e. The summed E-state index contributed by atoms with van der Waals surface area (Å²) < 4.78 is 6.10. The van der Waals surface area contributed by atoms with Gasteiger partial charge in [0.25, 0.3) is 5.91 Å². The van der Waals surface area contributed by atoms with Gasteiger partial charge in [0.15, 0.2) is 0 Å². The van der Waals surface area contributed by atoms with E-state index in [9.17, 15) is 4.79 Å². The molecule has 5 heteroatoms. The Bertz CT molecular complexity index is 397. The molecule has 0 aliphatic carbocycles. The van der Waals surface area contributed by atoms with Gasteiger partial charge in [-0.2, -0.15) is 0 Å². The lowest BCUT2D eigenvalue weighted by atomic mass is 10.2. The summed E-state index contributed by atoms with van der Waals surface area (Å²) in [5.41, 5.74) is 0.872. The first-order chi connectivity index (χ1) is 7.18. The lowest BCUT2D eigenvalue weighted by Gasteiger charge is -2.27. The number of morpholine rings is 1. The largest absolute Gasteiger partial charge is 0.370 e. The van der Waals surface area contributed by atoms with E-state index in [2.05, 4.69) is 22.6 Å². The third-order valence-corrected chi connectivity index (χ3v) is 3.33. The molecule has 1 amide bonds. The Balaban J connectivity index is 2.34. The molecule has 3 nitrogen and oxygen atoms in total. The molecule has 0 aromatic heterocycles. The molecule has 0 bridgehead atoms. The van der Waals surface area contributed by atoms with Gasteiger partial charge in [-0.1, -0.05) is 11.6 Å². The van der Waals surface area contributed by atoms with Gasteiger partial charge in [0.2, 0.25) is 0 Å². The van der Waals surface area contributed by atoms with Crippen LogP contribution in [0.5, 0.6) is 0 Å². The molecule has 80 valence electrons. The first-order valence-corrected chi connectivity index (χ1v) is 5.97. The molecule has 0 N–H and O–H groups in total. The minimum absolute atomic E-state index is 0.0126. The summed E-state index contributed by atoms with van der Waals surface area (Å²) in [6.45, 7) is 1.33. The molecule has 1 fully saturated rings. The van der Waals surface area contributed by atoms with Crippen molar-refractivity contribution in [3.63, 3.8) is 0 Å². The van der Waals surface area contributed by atoms with Crippen LogP contribution in [0.15, 0.2) is 18.2 Å². The third kappa shape index (κ3) is 2.43. The number of carbonyl (C=O) groups excluding carboxylic acids is 1. The number of anilines is 1. The summed E-state index contributed by atoms with van der Waals surface area (Å²) in [6.07, 6.45) is 0. The Morgan fingerprint density at radius 2 is 2.27 bits per heavy atom. The number of nitrogens with zero attached hydrogens (tertiary/aromatic N) is 1. The fraction of sp³-hybridized carbons (Fsp3) is 0.300. The zero-order chi connectivity index (χ0) is 10.8. The van der Waals surface area contributed by atoms with Crippen LogP contribution in [0, 0.1) is 3.57 Å². The topological polar surface area (TPSA) is 29.5 Å². The van der Waals surface area contributed by atoms with Crippen molar-refractivity contribution in [2.24, 2.45) is 0 Å². The lowest BCUT2D eigenvalue weighted by molar-refractivity contribution is -0.125. The third-order valence-electron chi connectivity index (χ3n) is 2.18. The minimum atomic E-state index is -0.0126. The van der Waals surface area contributed by atoms with Gasteiger partial charge in [-0.05, 0) is 40.8 Å². The normalized spacial score (nSPS) is 16.9. The highest BCUT2D eigenvalue weighted by atomic mass is 127. The fourth-order valence-corrected chi connectivity index (χ4v) is 2.26. The molecule has 15 heavy (non-hydrogen) atoms.